The summed E-state index contributed by atoms with van der Waals surface area (Å²) in [4.78, 5) is 27.2. The Bertz CT molecular complexity index is 1700. The predicted octanol–water partition coefficient (Wildman–Crippen LogP) is 6.93. The number of aryl methyl sites for hydroxylation is 1. The molecule has 0 bridgehead atoms. The van der Waals surface area contributed by atoms with Gasteiger partial charge in [0.05, 0.1) is 22.3 Å². The first-order chi connectivity index (χ1) is 20.7. The molecule has 10 nitrogen and oxygen atoms in total. The maximum Gasteiger partial charge on any atom is 0.410 e. The number of hydrogen-bond donors (Lipinski definition) is 0. The highest BCUT2D eigenvalue weighted by Gasteiger charge is 2.50. The Morgan fingerprint density at radius 1 is 1.07 bits per heavy atom. The lowest BCUT2D eigenvalue weighted by atomic mass is 9.76. The minimum Gasteiger partial charge on any atom is -0.444 e. The van der Waals surface area contributed by atoms with Crippen LogP contribution < -0.4 is 4.90 Å². The number of amides is 1. The normalized spacial score (nSPS) is 17.1. The fourth-order valence-electron chi connectivity index (χ4n) is 6.23. The molecule has 1 spiro atoms. The molecule has 0 radical (unpaired) electrons. The van der Waals surface area contributed by atoms with Crippen molar-refractivity contribution < 1.29 is 14.3 Å². The van der Waals surface area contributed by atoms with Crippen LogP contribution in [-0.2, 0) is 23.3 Å². The Balaban J connectivity index is 1.27. The van der Waals surface area contributed by atoms with E-state index in [1.807, 2.05) is 57.2 Å². The van der Waals surface area contributed by atoms with E-state index in [0.717, 1.165) is 84.0 Å². The van der Waals surface area contributed by atoms with Gasteiger partial charge in [-0.15, -0.1) is 0 Å². The van der Waals surface area contributed by atoms with E-state index in [2.05, 4.69) is 40.4 Å². The van der Waals surface area contributed by atoms with Crippen LogP contribution in [0.2, 0.25) is 30.7 Å². The zero-order chi connectivity index (χ0) is 31.4. The summed E-state index contributed by atoms with van der Waals surface area (Å²) in [7, 11) is 0.677. The van der Waals surface area contributed by atoms with Gasteiger partial charge in [0.1, 0.15) is 23.7 Å². The monoisotopic (exact) mass is 637 g/mol. The summed E-state index contributed by atoms with van der Waals surface area (Å²) in [6.07, 6.45) is 8.42. The molecule has 5 heterocycles. The van der Waals surface area contributed by atoms with Gasteiger partial charge >= 0.3 is 6.09 Å². The maximum absolute atomic E-state index is 12.9. The largest absolute Gasteiger partial charge is 0.444 e. The number of rotatable bonds is 7. The topological polar surface area (TPSA) is 90.5 Å². The molecule has 44 heavy (non-hydrogen) atoms. The summed E-state index contributed by atoms with van der Waals surface area (Å²) in [5.74, 6) is 0.831. The molecule has 0 atom stereocenters. The zero-order valence-corrected chi connectivity index (χ0v) is 28.7. The molecule has 0 saturated carbocycles. The van der Waals surface area contributed by atoms with Gasteiger partial charge in [-0.3, -0.25) is 4.68 Å². The Hall–Kier alpha value is -3.15. The number of halogens is 1. The second-order valence-corrected chi connectivity index (χ2v) is 20.5. The third-order valence-corrected chi connectivity index (χ3v) is 10.9. The van der Waals surface area contributed by atoms with Gasteiger partial charge in [0.2, 0.25) is 0 Å². The highest BCUT2D eigenvalue weighted by Crippen LogP contribution is 2.42. The number of likely N-dealkylation sites (tertiary alicyclic amines) is 1. The van der Waals surface area contributed by atoms with Gasteiger partial charge in [0.15, 0.2) is 5.65 Å². The quantitative estimate of drug-likeness (QED) is 0.160. The summed E-state index contributed by atoms with van der Waals surface area (Å²) in [5, 5.41) is 6.06. The molecule has 3 aromatic heterocycles. The van der Waals surface area contributed by atoms with Gasteiger partial charge in [-0.2, -0.15) is 5.10 Å². The van der Waals surface area contributed by atoms with Crippen molar-refractivity contribution in [3.05, 3.63) is 35.7 Å². The minimum atomic E-state index is -1.22. The van der Waals surface area contributed by atoms with Crippen molar-refractivity contribution in [1.82, 2.24) is 29.2 Å². The fraction of sp³-hybridized carbons (Fsp3) is 0.562. The standard InChI is InChI=1S/C32H44ClN7O3Si/c1-31(2,3)43-30(41)40-15-12-32(40)10-13-38(14-11-32)26-18-34-28-23(22-8-9-25-24(27(22)33)19-37(4)36-25)20-39(29(28)35-26)21-42-16-17-44(5,6)7/h8-9,18-20H,10-17,21H2,1-7H3. The molecule has 4 aromatic rings. The van der Waals surface area contributed by atoms with Crippen molar-refractivity contribution >= 4 is 53.7 Å². The van der Waals surface area contributed by atoms with E-state index in [9.17, 15) is 4.79 Å². The Morgan fingerprint density at radius 3 is 2.45 bits per heavy atom. The molecule has 1 amide bonds. The molecule has 236 valence electrons. The van der Waals surface area contributed by atoms with Crippen molar-refractivity contribution in [2.24, 2.45) is 7.05 Å². The third-order valence-electron chi connectivity index (χ3n) is 8.81. The van der Waals surface area contributed by atoms with Crippen LogP contribution in [-0.4, -0.2) is 80.8 Å². The minimum absolute atomic E-state index is 0.129. The van der Waals surface area contributed by atoms with E-state index in [1.54, 1.807) is 4.68 Å². The first-order valence-electron chi connectivity index (χ1n) is 15.5. The van der Waals surface area contributed by atoms with Crippen LogP contribution in [0.4, 0.5) is 10.6 Å². The molecule has 0 aliphatic carbocycles. The second-order valence-electron chi connectivity index (χ2n) is 14.5. The predicted molar refractivity (Wildman–Crippen MR) is 178 cm³/mol. The van der Waals surface area contributed by atoms with Crippen molar-refractivity contribution in [2.75, 3.05) is 31.1 Å². The average molecular weight is 638 g/mol. The molecule has 0 N–H and O–H groups in total. The van der Waals surface area contributed by atoms with Gasteiger partial charge in [0, 0.05) is 70.3 Å². The van der Waals surface area contributed by atoms with E-state index < -0.39 is 13.7 Å². The molecule has 1 aromatic carbocycles. The summed E-state index contributed by atoms with van der Waals surface area (Å²) in [5.41, 5.74) is 3.60. The number of benzene rings is 1. The third kappa shape index (κ3) is 6.06. The smallest absolute Gasteiger partial charge is 0.410 e. The Morgan fingerprint density at radius 2 is 1.80 bits per heavy atom. The first-order valence-corrected chi connectivity index (χ1v) is 19.6. The SMILES string of the molecule is Cn1cc2c(Cl)c(-c3cn(COCC[Si](C)(C)C)c4nc(N5CCC6(CC5)CCN6C(=O)OC(C)(C)C)cnc34)ccc2n1. The Kier molecular flexibility index (Phi) is 7.95. The molecule has 2 aliphatic rings. The molecule has 2 saturated heterocycles. The van der Waals surface area contributed by atoms with Crippen LogP contribution >= 0.6 is 11.6 Å². The van der Waals surface area contributed by atoms with E-state index in [4.69, 9.17) is 31.0 Å². The number of ether oxygens (including phenoxy) is 2. The summed E-state index contributed by atoms with van der Waals surface area (Å²) >= 11 is 6.96. The molecule has 12 heteroatoms. The molecular formula is C32H44ClN7O3Si. The van der Waals surface area contributed by atoms with E-state index in [1.165, 1.54) is 0 Å². The molecule has 2 fully saturated rings. The zero-order valence-electron chi connectivity index (χ0n) is 27.0. The highest BCUT2D eigenvalue weighted by atomic mass is 35.5. The van der Waals surface area contributed by atoms with Gasteiger partial charge < -0.3 is 23.8 Å². The summed E-state index contributed by atoms with van der Waals surface area (Å²) in [6, 6.07) is 5.10. The van der Waals surface area contributed by atoms with Crippen molar-refractivity contribution in [2.45, 2.75) is 83.6 Å². The van der Waals surface area contributed by atoms with Gasteiger partial charge in [0.25, 0.3) is 0 Å². The molecule has 0 unspecified atom stereocenters. The van der Waals surface area contributed by atoms with Crippen LogP contribution in [0.5, 0.6) is 0 Å². The number of carbonyl (C=O) groups excluding carboxylic acids is 1. The molecule has 6 rings (SSSR count). The fourth-order valence-corrected chi connectivity index (χ4v) is 7.30. The number of fused-ring (bicyclic) bond motifs is 2. The number of piperidine rings is 1. The lowest BCUT2D eigenvalue weighted by molar-refractivity contribution is -0.0542. The Labute approximate surface area is 265 Å². The van der Waals surface area contributed by atoms with E-state index in [0.29, 0.717) is 18.4 Å². The van der Waals surface area contributed by atoms with Crippen LogP contribution in [0.1, 0.15) is 40.0 Å². The number of hydrogen-bond acceptors (Lipinski definition) is 7. The van der Waals surface area contributed by atoms with Gasteiger partial charge in [-0.05, 0) is 52.1 Å². The van der Waals surface area contributed by atoms with Crippen molar-refractivity contribution in [3.63, 3.8) is 0 Å². The summed E-state index contributed by atoms with van der Waals surface area (Å²) in [6.45, 7) is 16.2. The lowest BCUT2D eigenvalue weighted by Crippen LogP contribution is -2.66. The van der Waals surface area contributed by atoms with Crippen LogP contribution in [0.15, 0.2) is 30.7 Å². The highest BCUT2D eigenvalue weighted by molar-refractivity contribution is 6.76. The molecular weight excluding hydrogens is 594 g/mol. The van der Waals surface area contributed by atoms with Crippen LogP contribution in [0.3, 0.4) is 0 Å². The summed E-state index contributed by atoms with van der Waals surface area (Å²) < 4.78 is 15.7. The van der Waals surface area contributed by atoms with Gasteiger partial charge in [-0.25, -0.2) is 14.8 Å². The number of carbonyl (C=O) groups is 1. The van der Waals surface area contributed by atoms with Crippen molar-refractivity contribution in [3.8, 4) is 11.1 Å². The molecule has 2 aliphatic heterocycles. The van der Waals surface area contributed by atoms with Crippen LogP contribution in [0.25, 0.3) is 33.2 Å². The number of nitrogens with zero attached hydrogens (tertiary/aromatic N) is 7. The van der Waals surface area contributed by atoms with E-state index in [-0.39, 0.29) is 11.6 Å². The average Bonchev–Trinajstić information content (AvgIpc) is 3.49. The van der Waals surface area contributed by atoms with Crippen LogP contribution in [0, 0.1) is 0 Å². The lowest BCUT2D eigenvalue weighted by Gasteiger charge is -2.56. The first kappa shape index (κ1) is 30.9. The number of aromatic nitrogens is 5. The number of anilines is 1. The van der Waals surface area contributed by atoms with E-state index >= 15 is 0 Å². The maximum atomic E-state index is 12.9. The van der Waals surface area contributed by atoms with Crippen molar-refractivity contribution in [1.29, 1.82) is 0 Å². The second kappa shape index (κ2) is 11.3. The van der Waals surface area contributed by atoms with Gasteiger partial charge in [-0.1, -0.05) is 37.3 Å².